The molecule has 2 aromatic rings. The molecule has 0 bridgehead atoms. The van der Waals surface area contributed by atoms with Gasteiger partial charge in [-0.05, 0) is 42.3 Å². The third-order valence-corrected chi connectivity index (χ3v) is 3.86. The van der Waals surface area contributed by atoms with Gasteiger partial charge >= 0.3 is 0 Å². The van der Waals surface area contributed by atoms with E-state index in [0.29, 0.717) is 24.6 Å². The van der Waals surface area contributed by atoms with Crippen molar-refractivity contribution in [2.24, 2.45) is 11.7 Å². The lowest BCUT2D eigenvalue weighted by Crippen LogP contribution is -2.47. The molecule has 0 aliphatic rings. The van der Waals surface area contributed by atoms with Crippen molar-refractivity contribution in [2.75, 3.05) is 18.5 Å². The molecule has 144 valence electrons. The van der Waals surface area contributed by atoms with E-state index in [1.54, 1.807) is 44.2 Å². The van der Waals surface area contributed by atoms with Crippen molar-refractivity contribution in [1.82, 2.24) is 5.32 Å². The lowest BCUT2D eigenvalue weighted by Gasteiger charge is -2.22. The molecule has 0 radical (unpaired) electrons. The summed E-state index contributed by atoms with van der Waals surface area (Å²) in [6, 6.07) is 11.6. The summed E-state index contributed by atoms with van der Waals surface area (Å²) in [5.41, 5.74) is 5.85. The number of carbonyl (C=O) groups is 2. The highest BCUT2D eigenvalue weighted by Crippen LogP contribution is 2.17. The van der Waals surface area contributed by atoms with Gasteiger partial charge in [0.25, 0.3) is 5.91 Å². The maximum Gasteiger partial charge on any atom is 0.254 e. The number of hydrogen-bond donors (Lipinski definition) is 3. The number of anilines is 1. The molecule has 0 spiro atoms. The molecule has 1 atom stereocenters. The van der Waals surface area contributed by atoms with Gasteiger partial charge in [-0.1, -0.05) is 26.0 Å². The largest absolute Gasteiger partial charge is 0.492 e. The first kappa shape index (κ1) is 20.4. The van der Waals surface area contributed by atoms with E-state index in [0.717, 1.165) is 0 Å². The van der Waals surface area contributed by atoms with Gasteiger partial charge < -0.3 is 21.1 Å². The minimum absolute atomic E-state index is 0.0997. The molecule has 0 fully saturated rings. The first-order chi connectivity index (χ1) is 12.9. The number of rotatable bonds is 8. The van der Waals surface area contributed by atoms with Gasteiger partial charge in [-0.2, -0.15) is 0 Å². The van der Waals surface area contributed by atoms with Gasteiger partial charge in [0.2, 0.25) is 5.91 Å². The van der Waals surface area contributed by atoms with Crippen LogP contribution in [0.3, 0.4) is 0 Å². The maximum absolute atomic E-state index is 13.8. The quantitative estimate of drug-likeness (QED) is 0.663. The second-order valence-corrected chi connectivity index (χ2v) is 6.33. The molecule has 0 aliphatic carbocycles. The van der Waals surface area contributed by atoms with E-state index in [-0.39, 0.29) is 17.4 Å². The van der Waals surface area contributed by atoms with Gasteiger partial charge in [0, 0.05) is 12.2 Å². The standard InChI is InChI=1S/C20H24FN3O3/c1-13(2)18(24-19(25)16-5-3-4-6-17(16)21)20(26)23-14-7-9-15(10-8-14)27-12-11-22/h3-10,13,18H,11-12,22H2,1-2H3,(H,23,26)(H,24,25). The van der Waals surface area contributed by atoms with Gasteiger partial charge in [-0.15, -0.1) is 0 Å². The van der Waals surface area contributed by atoms with Gasteiger partial charge in [-0.25, -0.2) is 4.39 Å². The number of nitrogens with one attached hydrogen (secondary N) is 2. The summed E-state index contributed by atoms with van der Waals surface area (Å²) in [4.78, 5) is 24.9. The lowest BCUT2D eigenvalue weighted by atomic mass is 10.0. The summed E-state index contributed by atoms with van der Waals surface area (Å²) in [6.45, 7) is 4.42. The molecule has 0 aliphatic heterocycles. The smallest absolute Gasteiger partial charge is 0.254 e. The third-order valence-electron chi connectivity index (χ3n) is 3.86. The highest BCUT2D eigenvalue weighted by molar-refractivity contribution is 6.01. The molecule has 2 rings (SSSR count). The first-order valence-electron chi connectivity index (χ1n) is 8.71. The molecular weight excluding hydrogens is 349 g/mol. The SMILES string of the molecule is CC(C)C(NC(=O)c1ccccc1F)C(=O)Nc1ccc(OCCN)cc1. The number of ether oxygens (including phenoxy) is 1. The molecule has 0 aromatic heterocycles. The molecule has 0 saturated carbocycles. The summed E-state index contributed by atoms with van der Waals surface area (Å²) in [5.74, 6) is -1.19. The summed E-state index contributed by atoms with van der Waals surface area (Å²) < 4.78 is 19.2. The van der Waals surface area contributed by atoms with Crippen molar-refractivity contribution in [3.8, 4) is 5.75 Å². The summed E-state index contributed by atoms with van der Waals surface area (Å²) in [7, 11) is 0. The molecule has 2 aromatic carbocycles. The fourth-order valence-corrected chi connectivity index (χ4v) is 2.43. The minimum atomic E-state index is -0.815. The average molecular weight is 373 g/mol. The molecule has 0 saturated heterocycles. The number of carbonyl (C=O) groups excluding carboxylic acids is 2. The monoisotopic (exact) mass is 373 g/mol. The fraction of sp³-hybridized carbons (Fsp3) is 0.300. The number of benzene rings is 2. The number of halogens is 1. The fourth-order valence-electron chi connectivity index (χ4n) is 2.43. The highest BCUT2D eigenvalue weighted by atomic mass is 19.1. The van der Waals surface area contributed by atoms with Crippen LogP contribution < -0.4 is 21.1 Å². The molecule has 1 unspecified atom stereocenters. The Balaban J connectivity index is 2.04. The van der Waals surface area contributed by atoms with Crippen molar-refractivity contribution in [2.45, 2.75) is 19.9 Å². The Morgan fingerprint density at radius 2 is 1.78 bits per heavy atom. The van der Waals surface area contributed by atoms with E-state index in [2.05, 4.69) is 10.6 Å². The zero-order valence-electron chi connectivity index (χ0n) is 15.4. The highest BCUT2D eigenvalue weighted by Gasteiger charge is 2.25. The van der Waals surface area contributed by atoms with Crippen LogP contribution in [0.5, 0.6) is 5.75 Å². The molecule has 4 N–H and O–H groups in total. The Bertz CT molecular complexity index is 778. The number of amides is 2. The number of hydrogen-bond acceptors (Lipinski definition) is 4. The van der Waals surface area contributed by atoms with Crippen LogP contribution in [-0.2, 0) is 4.79 Å². The zero-order chi connectivity index (χ0) is 19.8. The van der Waals surface area contributed by atoms with E-state index >= 15 is 0 Å². The first-order valence-corrected chi connectivity index (χ1v) is 8.71. The average Bonchev–Trinajstić information content (AvgIpc) is 2.65. The molecule has 27 heavy (non-hydrogen) atoms. The van der Waals surface area contributed by atoms with Crippen LogP contribution in [0.1, 0.15) is 24.2 Å². The van der Waals surface area contributed by atoms with E-state index in [1.807, 2.05) is 0 Å². The number of nitrogens with two attached hydrogens (primary N) is 1. The van der Waals surface area contributed by atoms with Crippen molar-refractivity contribution >= 4 is 17.5 Å². The lowest BCUT2D eigenvalue weighted by molar-refractivity contribution is -0.118. The van der Waals surface area contributed by atoms with Crippen LogP contribution in [0.15, 0.2) is 48.5 Å². The van der Waals surface area contributed by atoms with E-state index < -0.39 is 17.8 Å². The van der Waals surface area contributed by atoms with Crippen LogP contribution >= 0.6 is 0 Å². The Labute approximate surface area is 157 Å². The van der Waals surface area contributed by atoms with Gasteiger partial charge in [-0.3, -0.25) is 9.59 Å². The normalized spacial score (nSPS) is 11.7. The summed E-state index contributed by atoms with van der Waals surface area (Å²) >= 11 is 0. The van der Waals surface area contributed by atoms with Crippen molar-refractivity contribution in [1.29, 1.82) is 0 Å². The van der Waals surface area contributed by atoms with Crippen LogP contribution in [-0.4, -0.2) is 31.0 Å². The molecular formula is C20H24FN3O3. The van der Waals surface area contributed by atoms with Crippen LogP contribution in [0, 0.1) is 11.7 Å². The Hall–Kier alpha value is -2.93. The van der Waals surface area contributed by atoms with E-state index in [9.17, 15) is 14.0 Å². The predicted octanol–water partition coefficient (Wildman–Crippen LogP) is 2.56. The van der Waals surface area contributed by atoms with Gasteiger partial charge in [0.15, 0.2) is 0 Å². The van der Waals surface area contributed by atoms with Crippen molar-refractivity contribution < 1.29 is 18.7 Å². The molecule has 0 heterocycles. The van der Waals surface area contributed by atoms with Crippen LogP contribution in [0.2, 0.25) is 0 Å². The van der Waals surface area contributed by atoms with E-state index in [1.165, 1.54) is 18.2 Å². The van der Waals surface area contributed by atoms with Crippen LogP contribution in [0.25, 0.3) is 0 Å². The summed E-state index contributed by atoms with van der Waals surface area (Å²) in [5, 5.41) is 5.35. The predicted molar refractivity (Wildman–Crippen MR) is 102 cm³/mol. The minimum Gasteiger partial charge on any atom is -0.492 e. The van der Waals surface area contributed by atoms with Crippen LogP contribution in [0.4, 0.5) is 10.1 Å². The molecule has 2 amide bonds. The second kappa shape index (κ2) is 9.68. The van der Waals surface area contributed by atoms with Gasteiger partial charge in [0.05, 0.1) is 5.56 Å². The zero-order valence-corrected chi connectivity index (χ0v) is 15.4. The Morgan fingerprint density at radius 1 is 1.11 bits per heavy atom. The van der Waals surface area contributed by atoms with Crippen molar-refractivity contribution in [3.63, 3.8) is 0 Å². The Kier molecular flexibility index (Phi) is 7.31. The molecule has 7 heteroatoms. The topological polar surface area (TPSA) is 93.5 Å². The third kappa shape index (κ3) is 5.79. The van der Waals surface area contributed by atoms with E-state index in [4.69, 9.17) is 10.5 Å². The molecule has 6 nitrogen and oxygen atoms in total. The maximum atomic E-state index is 13.8. The van der Waals surface area contributed by atoms with Gasteiger partial charge in [0.1, 0.15) is 24.2 Å². The Morgan fingerprint density at radius 3 is 2.37 bits per heavy atom. The summed E-state index contributed by atoms with van der Waals surface area (Å²) in [6.07, 6.45) is 0. The van der Waals surface area contributed by atoms with Crippen molar-refractivity contribution in [3.05, 3.63) is 59.9 Å². The second-order valence-electron chi connectivity index (χ2n) is 6.33.